The van der Waals surface area contributed by atoms with E-state index in [0.717, 1.165) is 17.0 Å². The molecule has 0 atom stereocenters. The fraction of sp³-hybridized carbons (Fsp3) is 0.0870. The summed E-state index contributed by atoms with van der Waals surface area (Å²) < 4.78 is 27.5. The van der Waals surface area contributed by atoms with Crippen LogP contribution in [0.15, 0.2) is 79.0 Å². The molecule has 2 aromatic carbocycles. The SMILES string of the molecule is Cc1cc(-c2cc(NC(=O)c3cccc(NS(=O)(=O)Cc4ccccc4)c3)n[nH]2)ccn1. The number of sulfonamides is 1. The molecule has 0 aliphatic carbocycles. The van der Waals surface area contributed by atoms with Crippen LogP contribution in [0.5, 0.6) is 0 Å². The predicted molar refractivity (Wildman–Crippen MR) is 124 cm³/mol. The minimum Gasteiger partial charge on any atom is -0.305 e. The highest BCUT2D eigenvalue weighted by atomic mass is 32.2. The molecule has 4 rings (SSSR count). The molecule has 3 N–H and O–H groups in total. The first-order valence-electron chi connectivity index (χ1n) is 9.82. The first kappa shape index (κ1) is 21.3. The molecule has 0 unspecified atom stereocenters. The van der Waals surface area contributed by atoms with Gasteiger partial charge in [-0.3, -0.25) is 19.6 Å². The predicted octanol–water partition coefficient (Wildman–Crippen LogP) is 3.97. The normalized spacial score (nSPS) is 11.2. The van der Waals surface area contributed by atoms with Gasteiger partial charge in [0.25, 0.3) is 5.91 Å². The van der Waals surface area contributed by atoms with Crippen LogP contribution >= 0.6 is 0 Å². The van der Waals surface area contributed by atoms with Crippen molar-refractivity contribution in [1.82, 2.24) is 15.2 Å². The van der Waals surface area contributed by atoms with E-state index in [0.29, 0.717) is 22.6 Å². The van der Waals surface area contributed by atoms with Gasteiger partial charge in [0.1, 0.15) is 0 Å². The zero-order chi connectivity index (χ0) is 22.6. The second kappa shape index (κ2) is 9.03. The molecule has 0 fully saturated rings. The molecule has 0 saturated carbocycles. The van der Waals surface area contributed by atoms with Gasteiger partial charge in [0.15, 0.2) is 5.82 Å². The Kier molecular flexibility index (Phi) is 6.00. The highest BCUT2D eigenvalue weighted by Gasteiger charge is 2.14. The molecule has 0 spiro atoms. The maximum absolute atomic E-state index is 12.7. The number of benzene rings is 2. The van der Waals surface area contributed by atoms with Crippen molar-refractivity contribution in [3.05, 3.63) is 95.8 Å². The number of nitrogens with one attached hydrogen (secondary N) is 3. The van der Waals surface area contributed by atoms with E-state index in [1.807, 2.05) is 25.1 Å². The number of hydrogen-bond acceptors (Lipinski definition) is 5. The van der Waals surface area contributed by atoms with Crippen LogP contribution < -0.4 is 10.0 Å². The van der Waals surface area contributed by atoms with Crippen LogP contribution in [0.3, 0.4) is 0 Å². The first-order valence-corrected chi connectivity index (χ1v) is 11.5. The topological polar surface area (TPSA) is 117 Å². The number of aryl methyl sites for hydroxylation is 1. The molecule has 0 aliphatic heterocycles. The number of amides is 1. The quantitative estimate of drug-likeness (QED) is 0.396. The summed E-state index contributed by atoms with van der Waals surface area (Å²) in [5.74, 6) is -0.206. The van der Waals surface area contributed by atoms with Crippen molar-refractivity contribution in [3.63, 3.8) is 0 Å². The van der Waals surface area contributed by atoms with Crippen LogP contribution in [0, 0.1) is 6.92 Å². The minimum atomic E-state index is -3.62. The molecular formula is C23H21N5O3S. The third-order valence-corrected chi connectivity index (χ3v) is 5.88. The average Bonchev–Trinajstić information content (AvgIpc) is 3.22. The van der Waals surface area contributed by atoms with Crippen LogP contribution in [0.25, 0.3) is 11.3 Å². The second-order valence-electron chi connectivity index (χ2n) is 7.23. The van der Waals surface area contributed by atoms with Crippen LogP contribution in [0.1, 0.15) is 21.6 Å². The lowest BCUT2D eigenvalue weighted by Gasteiger charge is -2.09. The minimum absolute atomic E-state index is 0.158. The first-order chi connectivity index (χ1) is 15.4. The number of rotatable bonds is 7. The Morgan fingerprint density at radius 3 is 2.59 bits per heavy atom. The van der Waals surface area contributed by atoms with Crippen molar-refractivity contribution in [1.29, 1.82) is 0 Å². The van der Waals surface area contributed by atoms with Gasteiger partial charge in [-0.1, -0.05) is 36.4 Å². The lowest BCUT2D eigenvalue weighted by molar-refractivity contribution is 0.102. The van der Waals surface area contributed by atoms with Crippen molar-refractivity contribution >= 4 is 27.4 Å². The van der Waals surface area contributed by atoms with Crippen LogP contribution in [0.4, 0.5) is 11.5 Å². The van der Waals surface area contributed by atoms with Gasteiger partial charge in [-0.15, -0.1) is 0 Å². The number of aromatic amines is 1. The van der Waals surface area contributed by atoms with Gasteiger partial charge >= 0.3 is 0 Å². The van der Waals surface area contributed by atoms with Crippen molar-refractivity contribution in [2.75, 3.05) is 10.0 Å². The van der Waals surface area contributed by atoms with E-state index in [9.17, 15) is 13.2 Å². The molecule has 1 amide bonds. The number of hydrogen-bond donors (Lipinski definition) is 3. The highest BCUT2D eigenvalue weighted by molar-refractivity contribution is 7.91. The molecule has 0 aliphatic rings. The number of carbonyl (C=O) groups is 1. The lowest BCUT2D eigenvalue weighted by Crippen LogP contribution is -2.16. The molecule has 2 heterocycles. The van der Waals surface area contributed by atoms with Crippen molar-refractivity contribution < 1.29 is 13.2 Å². The zero-order valence-electron chi connectivity index (χ0n) is 17.2. The molecule has 4 aromatic rings. The number of nitrogens with zero attached hydrogens (tertiary/aromatic N) is 2. The smallest absolute Gasteiger partial charge is 0.256 e. The van der Waals surface area contributed by atoms with E-state index in [2.05, 4.69) is 25.2 Å². The maximum atomic E-state index is 12.7. The highest BCUT2D eigenvalue weighted by Crippen LogP contribution is 2.21. The van der Waals surface area contributed by atoms with E-state index in [-0.39, 0.29) is 5.75 Å². The Morgan fingerprint density at radius 2 is 1.81 bits per heavy atom. The summed E-state index contributed by atoms with van der Waals surface area (Å²) in [7, 11) is -3.62. The van der Waals surface area contributed by atoms with E-state index in [1.165, 1.54) is 6.07 Å². The fourth-order valence-corrected chi connectivity index (χ4v) is 4.36. The van der Waals surface area contributed by atoms with Crippen LogP contribution in [-0.4, -0.2) is 29.5 Å². The number of carbonyl (C=O) groups excluding carboxylic acids is 1. The molecule has 0 radical (unpaired) electrons. The Bertz CT molecular complexity index is 1350. The van der Waals surface area contributed by atoms with Crippen molar-refractivity contribution in [3.8, 4) is 11.3 Å². The molecule has 0 bridgehead atoms. The Morgan fingerprint density at radius 1 is 1.00 bits per heavy atom. The molecule has 9 heteroatoms. The van der Waals surface area contributed by atoms with Crippen LogP contribution in [-0.2, 0) is 15.8 Å². The fourth-order valence-electron chi connectivity index (χ4n) is 3.17. The Balaban J connectivity index is 1.45. The van der Waals surface area contributed by atoms with Gasteiger partial charge in [0.2, 0.25) is 10.0 Å². The summed E-state index contributed by atoms with van der Waals surface area (Å²) in [5, 5.41) is 9.73. The monoisotopic (exact) mass is 447 g/mol. The van der Waals surface area contributed by atoms with Gasteiger partial charge in [-0.25, -0.2) is 8.42 Å². The zero-order valence-corrected chi connectivity index (χ0v) is 18.1. The summed E-state index contributed by atoms with van der Waals surface area (Å²) >= 11 is 0. The Labute approximate surface area is 185 Å². The summed E-state index contributed by atoms with van der Waals surface area (Å²) in [6.45, 7) is 1.89. The van der Waals surface area contributed by atoms with Gasteiger partial charge < -0.3 is 5.32 Å². The molecular weight excluding hydrogens is 426 g/mol. The van der Waals surface area contributed by atoms with Gasteiger partial charge in [0.05, 0.1) is 11.4 Å². The maximum Gasteiger partial charge on any atom is 0.256 e. The summed E-state index contributed by atoms with van der Waals surface area (Å²) in [5.41, 5.74) is 3.80. The van der Waals surface area contributed by atoms with E-state index >= 15 is 0 Å². The number of anilines is 2. The van der Waals surface area contributed by atoms with Gasteiger partial charge in [-0.2, -0.15) is 5.10 Å². The van der Waals surface area contributed by atoms with Crippen LogP contribution in [0.2, 0.25) is 0 Å². The standard InChI is InChI=1S/C23H21N5O3S/c1-16-12-18(10-11-24-16)21-14-22(27-26-21)25-23(29)19-8-5-9-20(13-19)28-32(30,31)15-17-6-3-2-4-7-17/h2-14,28H,15H2,1H3,(H2,25,26,27,29). The Hall–Kier alpha value is -3.98. The number of aromatic nitrogens is 3. The summed E-state index contributed by atoms with van der Waals surface area (Å²) in [6.07, 6.45) is 1.70. The number of H-pyrrole nitrogens is 1. The van der Waals surface area contributed by atoms with Crippen molar-refractivity contribution in [2.45, 2.75) is 12.7 Å². The average molecular weight is 448 g/mol. The van der Waals surface area contributed by atoms with E-state index in [4.69, 9.17) is 0 Å². The summed E-state index contributed by atoms with van der Waals surface area (Å²) in [6, 6.07) is 20.7. The summed E-state index contributed by atoms with van der Waals surface area (Å²) in [4.78, 5) is 16.8. The van der Waals surface area contributed by atoms with E-state index < -0.39 is 15.9 Å². The molecule has 2 aromatic heterocycles. The number of pyridine rings is 1. The lowest BCUT2D eigenvalue weighted by atomic mass is 10.1. The third kappa shape index (κ3) is 5.38. The molecule has 162 valence electrons. The van der Waals surface area contributed by atoms with Gasteiger partial charge in [-0.05, 0) is 42.8 Å². The molecule has 8 nitrogen and oxygen atoms in total. The molecule has 0 saturated heterocycles. The molecule has 32 heavy (non-hydrogen) atoms. The van der Waals surface area contributed by atoms with E-state index in [1.54, 1.807) is 54.7 Å². The van der Waals surface area contributed by atoms with Gasteiger partial charge in [0, 0.05) is 34.8 Å². The third-order valence-electron chi connectivity index (χ3n) is 4.62. The largest absolute Gasteiger partial charge is 0.305 e. The van der Waals surface area contributed by atoms with Crippen molar-refractivity contribution in [2.24, 2.45) is 0 Å². The second-order valence-corrected chi connectivity index (χ2v) is 8.96.